The Morgan fingerprint density at radius 1 is 1.00 bits per heavy atom. The van der Waals surface area contributed by atoms with E-state index in [-0.39, 0.29) is 0 Å². The Morgan fingerprint density at radius 3 is 2.07 bits per heavy atom. The van der Waals surface area contributed by atoms with Crippen LogP contribution in [0.2, 0.25) is 0 Å². The normalized spacial score (nSPS) is 47.4. The minimum absolute atomic E-state index is 0.540. The first-order valence-corrected chi connectivity index (χ1v) is 6.38. The molecule has 0 radical (unpaired) electrons. The summed E-state index contributed by atoms with van der Waals surface area (Å²) in [6, 6.07) is 0. The minimum Gasteiger partial charge on any atom is -0.0620 e. The molecule has 82 valence electrons. The lowest BCUT2D eigenvalue weighted by atomic mass is 9.70. The molecule has 0 aromatic heterocycles. The van der Waals surface area contributed by atoms with Crippen molar-refractivity contribution in [3.8, 4) is 0 Å². The molecule has 0 amide bonds. The van der Waals surface area contributed by atoms with Gasteiger partial charge >= 0.3 is 0 Å². The number of hydrogen-bond acceptors (Lipinski definition) is 0. The molecule has 5 unspecified atom stereocenters. The van der Waals surface area contributed by atoms with Crippen molar-refractivity contribution in [1.82, 2.24) is 0 Å². The van der Waals surface area contributed by atoms with Gasteiger partial charge in [0.05, 0.1) is 0 Å². The van der Waals surface area contributed by atoms with E-state index in [0.29, 0.717) is 5.41 Å². The highest BCUT2D eigenvalue weighted by molar-refractivity contribution is 4.98. The van der Waals surface area contributed by atoms with Crippen LogP contribution in [0.4, 0.5) is 0 Å². The van der Waals surface area contributed by atoms with Gasteiger partial charge in [-0.2, -0.15) is 0 Å². The van der Waals surface area contributed by atoms with E-state index in [0.717, 1.165) is 29.6 Å². The van der Waals surface area contributed by atoms with E-state index in [2.05, 4.69) is 34.6 Å². The first-order chi connectivity index (χ1) is 6.38. The molecule has 2 bridgehead atoms. The van der Waals surface area contributed by atoms with E-state index < -0.39 is 0 Å². The summed E-state index contributed by atoms with van der Waals surface area (Å²) in [5.74, 6) is 5.19. The van der Waals surface area contributed by atoms with Crippen molar-refractivity contribution >= 4 is 0 Å². The molecule has 2 saturated carbocycles. The van der Waals surface area contributed by atoms with E-state index in [1.807, 2.05) is 0 Å². The van der Waals surface area contributed by atoms with Gasteiger partial charge < -0.3 is 0 Å². The Balaban J connectivity index is 2.00. The standard InChI is InChI=1S/C14H26/c1-9-10(2)13-7-11(9)6-12(13)8-14(3,4)5/h9-13H,6-8H2,1-5H3. The van der Waals surface area contributed by atoms with Gasteiger partial charge in [-0.05, 0) is 54.3 Å². The summed E-state index contributed by atoms with van der Waals surface area (Å²) < 4.78 is 0. The molecule has 0 N–H and O–H groups in total. The van der Waals surface area contributed by atoms with Crippen molar-refractivity contribution in [1.29, 1.82) is 0 Å². The second-order valence-corrected chi connectivity index (χ2v) is 7.14. The monoisotopic (exact) mass is 194 g/mol. The second kappa shape index (κ2) is 3.25. The molecule has 14 heavy (non-hydrogen) atoms. The zero-order valence-electron chi connectivity index (χ0n) is 10.5. The highest BCUT2D eigenvalue weighted by Gasteiger charge is 2.48. The summed E-state index contributed by atoms with van der Waals surface area (Å²) in [7, 11) is 0. The lowest BCUT2D eigenvalue weighted by Gasteiger charge is -2.35. The van der Waals surface area contributed by atoms with E-state index in [1.165, 1.54) is 12.8 Å². The molecule has 2 rings (SSSR count). The summed E-state index contributed by atoms with van der Waals surface area (Å²) in [5.41, 5.74) is 0.540. The van der Waals surface area contributed by atoms with Crippen LogP contribution in [-0.2, 0) is 0 Å². The SMILES string of the molecule is CC1C2CC(CC(C)(C)C)C(C2)C1C. The van der Waals surface area contributed by atoms with Crippen LogP contribution in [0.1, 0.15) is 53.9 Å². The summed E-state index contributed by atoms with van der Waals surface area (Å²) in [4.78, 5) is 0. The lowest BCUT2D eigenvalue weighted by molar-refractivity contribution is 0.146. The number of fused-ring (bicyclic) bond motifs is 2. The van der Waals surface area contributed by atoms with Gasteiger partial charge in [0.25, 0.3) is 0 Å². The van der Waals surface area contributed by atoms with E-state index in [9.17, 15) is 0 Å². The largest absolute Gasteiger partial charge is 0.0620 e. The van der Waals surface area contributed by atoms with Crippen LogP contribution in [0, 0.1) is 35.0 Å². The second-order valence-electron chi connectivity index (χ2n) is 7.14. The molecular weight excluding hydrogens is 168 g/mol. The van der Waals surface area contributed by atoms with Gasteiger partial charge in [-0.15, -0.1) is 0 Å². The van der Waals surface area contributed by atoms with Gasteiger partial charge in [0.15, 0.2) is 0 Å². The first kappa shape index (κ1) is 10.5. The summed E-state index contributed by atoms with van der Waals surface area (Å²) in [6.45, 7) is 12.2. The van der Waals surface area contributed by atoms with Crippen molar-refractivity contribution in [2.24, 2.45) is 35.0 Å². The van der Waals surface area contributed by atoms with Crippen molar-refractivity contribution < 1.29 is 0 Å². The van der Waals surface area contributed by atoms with Gasteiger partial charge in [0.1, 0.15) is 0 Å². The first-order valence-electron chi connectivity index (χ1n) is 6.38. The van der Waals surface area contributed by atoms with Gasteiger partial charge in [-0.1, -0.05) is 34.6 Å². The summed E-state index contributed by atoms with van der Waals surface area (Å²) in [5, 5.41) is 0. The zero-order chi connectivity index (χ0) is 10.5. The van der Waals surface area contributed by atoms with Crippen LogP contribution in [-0.4, -0.2) is 0 Å². The maximum absolute atomic E-state index is 2.49. The third kappa shape index (κ3) is 1.73. The van der Waals surface area contributed by atoms with E-state index in [1.54, 1.807) is 6.42 Å². The van der Waals surface area contributed by atoms with E-state index >= 15 is 0 Å². The van der Waals surface area contributed by atoms with Gasteiger partial charge in [-0.25, -0.2) is 0 Å². The molecule has 0 aromatic rings. The van der Waals surface area contributed by atoms with Crippen molar-refractivity contribution in [2.45, 2.75) is 53.9 Å². The molecule has 0 spiro atoms. The fourth-order valence-corrected chi connectivity index (χ4v) is 4.12. The Morgan fingerprint density at radius 2 is 1.64 bits per heavy atom. The Hall–Kier alpha value is 0. The van der Waals surface area contributed by atoms with Crippen LogP contribution in [0.5, 0.6) is 0 Å². The fourth-order valence-electron chi connectivity index (χ4n) is 4.12. The van der Waals surface area contributed by atoms with Crippen molar-refractivity contribution in [3.63, 3.8) is 0 Å². The van der Waals surface area contributed by atoms with Crippen molar-refractivity contribution in [2.75, 3.05) is 0 Å². The maximum Gasteiger partial charge on any atom is -0.0354 e. The van der Waals surface area contributed by atoms with Crippen LogP contribution < -0.4 is 0 Å². The van der Waals surface area contributed by atoms with Crippen LogP contribution in [0.3, 0.4) is 0 Å². The average Bonchev–Trinajstić information content (AvgIpc) is 2.51. The summed E-state index contributed by atoms with van der Waals surface area (Å²) in [6.07, 6.45) is 4.53. The topological polar surface area (TPSA) is 0 Å². The minimum atomic E-state index is 0.540. The molecule has 2 fully saturated rings. The highest BCUT2D eigenvalue weighted by atomic mass is 14.5. The Kier molecular flexibility index (Phi) is 2.44. The smallest absolute Gasteiger partial charge is 0.0354 e. The Labute approximate surface area is 89.5 Å². The average molecular weight is 194 g/mol. The van der Waals surface area contributed by atoms with Crippen LogP contribution in [0.25, 0.3) is 0 Å². The van der Waals surface area contributed by atoms with Crippen LogP contribution >= 0.6 is 0 Å². The maximum atomic E-state index is 2.49. The third-order valence-electron chi connectivity index (χ3n) is 4.91. The Bertz CT molecular complexity index is 209. The number of rotatable bonds is 1. The summed E-state index contributed by atoms with van der Waals surface area (Å²) >= 11 is 0. The quantitative estimate of drug-likeness (QED) is 0.582. The third-order valence-corrected chi connectivity index (χ3v) is 4.91. The molecule has 2 aliphatic rings. The zero-order valence-corrected chi connectivity index (χ0v) is 10.5. The molecule has 0 aliphatic heterocycles. The molecule has 2 aliphatic carbocycles. The fraction of sp³-hybridized carbons (Fsp3) is 1.00. The van der Waals surface area contributed by atoms with Gasteiger partial charge in [0, 0.05) is 0 Å². The molecule has 0 nitrogen and oxygen atoms in total. The lowest BCUT2D eigenvalue weighted by Crippen LogP contribution is -2.27. The van der Waals surface area contributed by atoms with Gasteiger partial charge in [0.2, 0.25) is 0 Å². The molecule has 0 saturated heterocycles. The molecular formula is C14H26. The molecule has 0 aromatic carbocycles. The molecule has 0 heterocycles. The van der Waals surface area contributed by atoms with Crippen LogP contribution in [0.15, 0.2) is 0 Å². The van der Waals surface area contributed by atoms with Crippen molar-refractivity contribution in [3.05, 3.63) is 0 Å². The predicted molar refractivity (Wildman–Crippen MR) is 62.1 cm³/mol. The van der Waals surface area contributed by atoms with Gasteiger partial charge in [-0.3, -0.25) is 0 Å². The number of hydrogen-bond donors (Lipinski definition) is 0. The van der Waals surface area contributed by atoms with E-state index in [4.69, 9.17) is 0 Å². The highest BCUT2D eigenvalue weighted by Crippen LogP contribution is 2.57. The predicted octanol–water partition coefficient (Wildman–Crippen LogP) is 4.35. The molecule has 5 atom stereocenters. The molecule has 0 heteroatoms.